The van der Waals surface area contributed by atoms with Crippen LogP contribution in [0.25, 0.3) is 11.0 Å². The fraction of sp³-hybridized carbons (Fsp3) is 0.214. The molecule has 2 heterocycles. The summed E-state index contributed by atoms with van der Waals surface area (Å²) in [6, 6.07) is 9.47. The first-order chi connectivity index (χ1) is 9.22. The van der Waals surface area contributed by atoms with Crippen molar-refractivity contribution in [2.75, 3.05) is 0 Å². The number of rotatable bonds is 3. The Balaban J connectivity index is 2.26. The second kappa shape index (κ2) is 4.91. The van der Waals surface area contributed by atoms with Gasteiger partial charge in [0.25, 0.3) is 0 Å². The van der Waals surface area contributed by atoms with Gasteiger partial charge in [0.1, 0.15) is 11.6 Å². The molecule has 5 heteroatoms. The molecule has 1 unspecified atom stereocenters. The Hall–Kier alpha value is -1.45. The summed E-state index contributed by atoms with van der Waals surface area (Å²) >= 11 is 12.3. The zero-order valence-electron chi connectivity index (χ0n) is 10.3. The summed E-state index contributed by atoms with van der Waals surface area (Å²) < 4.78 is 7.50. The number of hydrogen-bond donors (Lipinski definition) is 0. The van der Waals surface area contributed by atoms with Crippen LogP contribution in [0.2, 0.25) is 5.02 Å². The number of halogens is 2. The minimum Gasteiger partial charge on any atom is -0.467 e. The lowest BCUT2D eigenvalue weighted by atomic mass is 10.2. The van der Waals surface area contributed by atoms with E-state index < -0.39 is 0 Å². The first-order valence-corrected chi connectivity index (χ1v) is 6.88. The van der Waals surface area contributed by atoms with Crippen LogP contribution in [0.3, 0.4) is 0 Å². The van der Waals surface area contributed by atoms with Crippen LogP contribution in [-0.4, -0.2) is 9.55 Å². The molecule has 0 radical (unpaired) electrons. The smallest absolute Gasteiger partial charge is 0.126 e. The summed E-state index contributed by atoms with van der Waals surface area (Å²) in [4.78, 5) is 4.53. The predicted octanol–water partition coefficient (Wildman–Crippen LogP) is 4.63. The van der Waals surface area contributed by atoms with E-state index in [0.717, 1.165) is 22.6 Å². The highest BCUT2D eigenvalue weighted by Gasteiger charge is 2.20. The van der Waals surface area contributed by atoms with Gasteiger partial charge in [-0.25, -0.2) is 4.98 Å². The van der Waals surface area contributed by atoms with E-state index in [-0.39, 0.29) is 6.04 Å². The summed E-state index contributed by atoms with van der Waals surface area (Å²) in [5.41, 5.74) is 1.74. The molecule has 0 saturated heterocycles. The van der Waals surface area contributed by atoms with Crippen LogP contribution in [0.4, 0.5) is 0 Å². The van der Waals surface area contributed by atoms with Crippen LogP contribution < -0.4 is 0 Å². The van der Waals surface area contributed by atoms with Crippen molar-refractivity contribution in [3.05, 3.63) is 53.2 Å². The molecule has 0 bridgehead atoms. The molecule has 2 aromatic heterocycles. The van der Waals surface area contributed by atoms with Gasteiger partial charge in [-0.05, 0) is 31.2 Å². The van der Waals surface area contributed by atoms with Crippen molar-refractivity contribution in [1.82, 2.24) is 9.55 Å². The van der Waals surface area contributed by atoms with Crippen LogP contribution in [0.15, 0.2) is 41.0 Å². The fourth-order valence-electron chi connectivity index (χ4n) is 2.32. The number of imidazole rings is 1. The standard InChI is InChI=1S/C14H12Cl2N2O/c1-9(12-6-3-7-19-12)18-13(8-15)17-11-5-2-4-10(16)14(11)18/h2-7,9H,8H2,1H3. The van der Waals surface area contributed by atoms with Crippen molar-refractivity contribution < 1.29 is 4.42 Å². The largest absolute Gasteiger partial charge is 0.467 e. The van der Waals surface area contributed by atoms with Gasteiger partial charge in [0.05, 0.1) is 34.2 Å². The minimum atomic E-state index is -0.00588. The molecular weight excluding hydrogens is 283 g/mol. The lowest BCUT2D eigenvalue weighted by Crippen LogP contribution is -2.09. The van der Waals surface area contributed by atoms with E-state index in [1.165, 1.54) is 0 Å². The number of nitrogens with zero attached hydrogens (tertiary/aromatic N) is 2. The van der Waals surface area contributed by atoms with E-state index in [1.807, 2.05) is 41.8 Å². The molecule has 0 N–H and O–H groups in total. The van der Waals surface area contributed by atoms with Gasteiger partial charge in [0, 0.05) is 0 Å². The quantitative estimate of drug-likeness (QED) is 0.659. The summed E-state index contributed by atoms with van der Waals surface area (Å²) in [6.07, 6.45) is 1.66. The van der Waals surface area contributed by atoms with Crippen molar-refractivity contribution in [3.63, 3.8) is 0 Å². The van der Waals surface area contributed by atoms with Crippen LogP contribution in [0.1, 0.15) is 24.6 Å². The maximum absolute atomic E-state index is 6.30. The van der Waals surface area contributed by atoms with Gasteiger partial charge >= 0.3 is 0 Å². The minimum absolute atomic E-state index is 0.00588. The van der Waals surface area contributed by atoms with E-state index in [1.54, 1.807) is 6.26 Å². The highest BCUT2D eigenvalue weighted by Crippen LogP contribution is 2.31. The normalized spacial score (nSPS) is 13.0. The van der Waals surface area contributed by atoms with Gasteiger partial charge in [-0.1, -0.05) is 17.7 Å². The maximum Gasteiger partial charge on any atom is 0.126 e. The summed E-state index contributed by atoms with van der Waals surface area (Å²) in [5, 5.41) is 0.666. The number of benzene rings is 1. The molecule has 3 nitrogen and oxygen atoms in total. The topological polar surface area (TPSA) is 31.0 Å². The predicted molar refractivity (Wildman–Crippen MR) is 76.8 cm³/mol. The molecule has 3 rings (SSSR count). The highest BCUT2D eigenvalue weighted by molar-refractivity contribution is 6.35. The number of alkyl halides is 1. The molecule has 1 aromatic carbocycles. The molecule has 0 saturated carbocycles. The zero-order chi connectivity index (χ0) is 13.4. The molecule has 0 aliphatic carbocycles. The third kappa shape index (κ3) is 2.03. The molecule has 0 spiro atoms. The molecule has 0 fully saturated rings. The molecule has 3 aromatic rings. The number of aromatic nitrogens is 2. The van der Waals surface area contributed by atoms with Crippen LogP contribution in [0, 0.1) is 0 Å². The van der Waals surface area contributed by atoms with Gasteiger partial charge in [0.15, 0.2) is 0 Å². The molecular formula is C14H12Cl2N2O. The fourth-order valence-corrected chi connectivity index (χ4v) is 2.77. The maximum atomic E-state index is 6.30. The Morgan fingerprint density at radius 1 is 1.32 bits per heavy atom. The average Bonchev–Trinajstić information content (AvgIpc) is 3.05. The van der Waals surface area contributed by atoms with Crippen molar-refractivity contribution in [1.29, 1.82) is 0 Å². The van der Waals surface area contributed by atoms with Crippen molar-refractivity contribution in [2.45, 2.75) is 18.8 Å². The van der Waals surface area contributed by atoms with Crippen LogP contribution in [0.5, 0.6) is 0 Å². The Kier molecular flexibility index (Phi) is 3.25. The highest BCUT2D eigenvalue weighted by atomic mass is 35.5. The Morgan fingerprint density at radius 2 is 2.16 bits per heavy atom. The number of hydrogen-bond acceptors (Lipinski definition) is 2. The third-order valence-electron chi connectivity index (χ3n) is 3.20. The van der Waals surface area contributed by atoms with E-state index in [4.69, 9.17) is 27.6 Å². The van der Waals surface area contributed by atoms with Gasteiger partial charge in [-0.2, -0.15) is 0 Å². The lowest BCUT2D eigenvalue weighted by Gasteiger charge is -2.15. The van der Waals surface area contributed by atoms with Gasteiger partial charge < -0.3 is 8.98 Å². The second-order valence-electron chi connectivity index (χ2n) is 4.33. The third-order valence-corrected chi connectivity index (χ3v) is 3.74. The van der Waals surface area contributed by atoms with Gasteiger partial charge in [-0.3, -0.25) is 0 Å². The van der Waals surface area contributed by atoms with Crippen molar-refractivity contribution in [3.8, 4) is 0 Å². The molecule has 19 heavy (non-hydrogen) atoms. The van der Waals surface area contributed by atoms with E-state index in [2.05, 4.69) is 4.98 Å². The van der Waals surface area contributed by atoms with E-state index in [9.17, 15) is 0 Å². The number of para-hydroxylation sites is 1. The Labute approximate surface area is 120 Å². The number of furan rings is 1. The average molecular weight is 295 g/mol. The van der Waals surface area contributed by atoms with Crippen molar-refractivity contribution in [2.24, 2.45) is 0 Å². The second-order valence-corrected chi connectivity index (χ2v) is 5.01. The van der Waals surface area contributed by atoms with E-state index in [0.29, 0.717) is 10.9 Å². The Morgan fingerprint density at radius 3 is 2.84 bits per heavy atom. The van der Waals surface area contributed by atoms with Crippen LogP contribution >= 0.6 is 23.2 Å². The summed E-state index contributed by atoms with van der Waals surface area (Å²) in [5.74, 6) is 1.97. The SMILES string of the molecule is CC(c1ccco1)n1c(CCl)nc2cccc(Cl)c21. The van der Waals surface area contributed by atoms with Gasteiger partial charge in [-0.15, -0.1) is 11.6 Å². The van der Waals surface area contributed by atoms with Crippen molar-refractivity contribution >= 4 is 34.2 Å². The first kappa shape index (κ1) is 12.6. The first-order valence-electron chi connectivity index (χ1n) is 5.97. The Bertz CT molecular complexity index is 704. The van der Waals surface area contributed by atoms with Gasteiger partial charge in [0.2, 0.25) is 0 Å². The molecule has 0 aliphatic rings. The summed E-state index contributed by atoms with van der Waals surface area (Å²) in [7, 11) is 0. The van der Waals surface area contributed by atoms with E-state index >= 15 is 0 Å². The van der Waals surface area contributed by atoms with Crippen LogP contribution in [-0.2, 0) is 5.88 Å². The molecule has 98 valence electrons. The number of fused-ring (bicyclic) bond motifs is 1. The monoisotopic (exact) mass is 294 g/mol. The molecule has 1 atom stereocenters. The molecule has 0 aliphatic heterocycles. The molecule has 0 amide bonds. The lowest BCUT2D eigenvalue weighted by molar-refractivity contribution is 0.446. The summed E-state index contributed by atoms with van der Waals surface area (Å²) in [6.45, 7) is 2.04. The zero-order valence-corrected chi connectivity index (χ0v) is 11.8.